The largest absolute Gasteiger partial charge is 0.496 e. The maximum atomic E-state index is 15.5. The summed E-state index contributed by atoms with van der Waals surface area (Å²) >= 11 is 0. The lowest BCUT2D eigenvalue weighted by Crippen LogP contribution is -2.49. The number of carbonyl (C=O) groups is 2. The van der Waals surface area contributed by atoms with Crippen molar-refractivity contribution in [1.29, 1.82) is 0 Å². The maximum absolute atomic E-state index is 15.5. The van der Waals surface area contributed by atoms with Gasteiger partial charge in [-0.3, -0.25) is 19.3 Å². The molecule has 0 unspecified atom stereocenters. The summed E-state index contributed by atoms with van der Waals surface area (Å²) in [4.78, 5) is 38.9. The minimum atomic E-state index is -0.841. The first-order valence-electron chi connectivity index (χ1n) is 14.3. The number of halogens is 1. The van der Waals surface area contributed by atoms with E-state index in [2.05, 4.69) is 5.32 Å². The first-order valence-corrected chi connectivity index (χ1v) is 14.3. The molecule has 10 heteroatoms. The van der Waals surface area contributed by atoms with Crippen LogP contribution in [0.4, 0.5) is 10.1 Å². The normalized spacial score (nSPS) is 13.4. The van der Waals surface area contributed by atoms with Gasteiger partial charge in [0.1, 0.15) is 17.1 Å². The molecule has 228 valence electrons. The number of aromatic nitrogens is 1. The van der Waals surface area contributed by atoms with Crippen LogP contribution in [0.5, 0.6) is 5.75 Å². The Morgan fingerprint density at radius 2 is 1.70 bits per heavy atom. The Kier molecular flexibility index (Phi) is 8.93. The zero-order chi connectivity index (χ0) is 31.5. The number of hydrogen-bond donors (Lipinski definition) is 3. The highest BCUT2D eigenvalue weighted by atomic mass is 19.1. The number of nitrogens with zero attached hydrogens (tertiary/aromatic N) is 2. The average Bonchev–Trinajstić information content (AvgIpc) is 2.97. The first kappa shape index (κ1) is 30.7. The molecule has 1 aliphatic rings. The fraction of sp³-hybridized carbons (Fsp3) is 0.265. The van der Waals surface area contributed by atoms with Crippen LogP contribution in [-0.4, -0.2) is 53.2 Å². The third-order valence-electron chi connectivity index (χ3n) is 8.21. The zero-order valence-corrected chi connectivity index (χ0v) is 24.9. The van der Waals surface area contributed by atoms with E-state index in [-0.39, 0.29) is 18.7 Å². The predicted octanol–water partition coefficient (Wildman–Crippen LogP) is 4.67. The maximum Gasteiger partial charge on any atom is 0.309 e. The number of amides is 1. The molecule has 3 aromatic carbocycles. The second kappa shape index (κ2) is 12.8. The smallest absolute Gasteiger partial charge is 0.309 e. The molecule has 1 saturated heterocycles. The quantitative estimate of drug-likeness (QED) is 0.242. The van der Waals surface area contributed by atoms with Crippen molar-refractivity contribution >= 4 is 17.6 Å². The van der Waals surface area contributed by atoms with E-state index in [4.69, 9.17) is 15.6 Å². The zero-order valence-electron chi connectivity index (χ0n) is 24.9. The van der Waals surface area contributed by atoms with Gasteiger partial charge in [0.2, 0.25) is 0 Å². The van der Waals surface area contributed by atoms with Gasteiger partial charge in [0.05, 0.1) is 13.0 Å². The van der Waals surface area contributed by atoms with Crippen molar-refractivity contribution in [1.82, 2.24) is 9.47 Å². The molecular weight excluding hydrogens is 563 g/mol. The molecule has 0 aliphatic carbocycles. The number of pyridine rings is 1. The van der Waals surface area contributed by atoms with Gasteiger partial charge in [0.25, 0.3) is 11.5 Å². The lowest BCUT2D eigenvalue weighted by molar-refractivity contribution is -0.147. The van der Waals surface area contributed by atoms with Gasteiger partial charge in [-0.2, -0.15) is 0 Å². The van der Waals surface area contributed by atoms with E-state index in [1.807, 2.05) is 49.1 Å². The van der Waals surface area contributed by atoms with Crippen LogP contribution in [0.3, 0.4) is 0 Å². The molecule has 0 radical (unpaired) electrons. The monoisotopic (exact) mass is 598 g/mol. The van der Waals surface area contributed by atoms with Crippen LogP contribution >= 0.6 is 0 Å². The molecule has 0 bridgehead atoms. The third-order valence-corrected chi connectivity index (χ3v) is 8.21. The van der Waals surface area contributed by atoms with Crippen LogP contribution in [0, 0.1) is 25.6 Å². The molecule has 5 rings (SSSR count). The summed E-state index contributed by atoms with van der Waals surface area (Å²) in [6.07, 6.45) is 1.60. The van der Waals surface area contributed by atoms with Crippen molar-refractivity contribution in [2.45, 2.75) is 26.9 Å². The van der Waals surface area contributed by atoms with E-state index >= 15 is 4.39 Å². The van der Waals surface area contributed by atoms with E-state index in [1.165, 1.54) is 23.8 Å². The number of carboxylic acids is 1. The van der Waals surface area contributed by atoms with Gasteiger partial charge in [-0.25, -0.2) is 4.39 Å². The Hall–Kier alpha value is -4.80. The summed E-state index contributed by atoms with van der Waals surface area (Å²) in [5.74, 6) is -1.80. The van der Waals surface area contributed by atoms with Crippen LogP contribution < -0.4 is 21.3 Å². The van der Waals surface area contributed by atoms with Gasteiger partial charge in [0, 0.05) is 50.2 Å². The minimum Gasteiger partial charge on any atom is -0.496 e. The predicted molar refractivity (Wildman–Crippen MR) is 167 cm³/mol. The van der Waals surface area contributed by atoms with Crippen LogP contribution in [0.15, 0.2) is 71.7 Å². The number of nitrogens with one attached hydrogen (secondary N) is 1. The highest BCUT2D eigenvalue weighted by Gasteiger charge is 2.33. The summed E-state index contributed by atoms with van der Waals surface area (Å²) < 4.78 is 22.5. The molecule has 9 nitrogen and oxygen atoms in total. The molecule has 1 aliphatic heterocycles. The van der Waals surface area contributed by atoms with Crippen molar-refractivity contribution in [3.8, 4) is 28.0 Å². The summed E-state index contributed by atoms with van der Waals surface area (Å²) in [6, 6.07) is 17.8. The molecule has 44 heavy (non-hydrogen) atoms. The Balaban J connectivity index is 1.44. The molecule has 0 atom stereocenters. The van der Waals surface area contributed by atoms with Crippen LogP contribution in [0.2, 0.25) is 0 Å². The SMILES string of the molecule is COc1cc(-c2cccc(-c3cccc(NC(=O)c4cccn(CCN)c4=O)c3C)c2C)cc(F)c1CN1CC(C(=O)O)C1. The molecule has 0 saturated carbocycles. The van der Waals surface area contributed by atoms with Crippen molar-refractivity contribution in [2.75, 3.05) is 32.1 Å². The Labute approximate surface area is 254 Å². The van der Waals surface area contributed by atoms with Gasteiger partial charge in [-0.05, 0) is 77.6 Å². The van der Waals surface area contributed by atoms with Gasteiger partial charge in [-0.1, -0.05) is 30.3 Å². The third kappa shape index (κ3) is 5.99. The number of nitrogens with two attached hydrogens (primary N) is 1. The van der Waals surface area contributed by atoms with Crippen molar-refractivity contribution in [3.05, 3.63) is 105 Å². The molecule has 1 fully saturated rings. The number of anilines is 1. The number of benzene rings is 3. The first-order chi connectivity index (χ1) is 21.1. The standard InChI is InChI=1S/C34H35FN4O5/c1-20-24(22-15-29(35)28(31(16-22)44-3)19-38-17-23(18-38)34(42)43)7-4-8-25(20)26-9-5-11-30(21(26)2)37-32(40)27-10-6-13-39(14-12-36)33(27)41/h4-11,13,15-16,23H,12,14,17-19,36H2,1-3H3,(H,37,40)(H,42,43). The highest BCUT2D eigenvalue weighted by molar-refractivity contribution is 6.05. The second-order valence-electron chi connectivity index (χ2n) is 11.0. The van der Waals surface area contributed by atoms with E-state index in [1.54, 1.807) is 24.4 Å². The number of carbonyl (C=O) groups excluding carboxylic acids is 1. The molecule has 2 heterocycles. The lowest BCUT2D eigenvalue weighted by Gasteiger charge is -2.36. The van der Waals surface area contributed by atoms with E-state index in [0.29, 0.717) is 42.2 Å². The number of likely N-dealkylation sites (tertiary alicyclic amines) is 1. The number of carboxylic acid groups (broad SMARTS) is 1. The van der Waals surface area contributed by atoms with Crippen molar-refractivity contribution < 1.29 is 23.8 Å². The lowest BCUT2D eigenvalue weighted by atomic mass is 9.90. The second-order valence-corrected chi connectivity index (χ2v) is 11.0. The van der Waals surface area contributed by atoms with Gasteiger partial charge >= 0.3 is 5.97 Å². The van der Waals surface area contributed by atoms with Crippen LogP contribution in [0.1, 0.15) is 27.0 Å². The van der Waals surface area contributed by atoms with Crippen LogP contribution in [-0.2, 0) is 17.9 Å². The van der Waals surface area contributed by atoms with Gasteiger partial charge in [0.15, 0.2) is 0 Å². The van der Waals surface area contributed by atoms with E-state index in [9.17, 15) is 14.4 Å². The van der Waals surface area contributed by atoms with Gasteiger partial charge < -0.3 is 25.5 Å². The summed E-state index contributed by atoms with van der Waals surface area (Å²) in [6.45, 7) is 5.46. The number of aliphatic carboxylic acids is 1. The Bertz CT molecular complexity index is 1800. The van der Waals surface area contributed by atoms with Gasteiger partial charge in [-0.15, -0.1) is 0 Å². The Morgan fingerprint density at radius 1 is 1.02 bits per heavy atom. The Morgan fingerprint density at radius 3 is 2.39 bits per heavy atom. The van der Waals surface area contributed by atoms with Crippen molar-refractivity contribution in [3.63, 3.8) is 0 Å². The number of rotatable bonds is 10. The molecular formula is C34H35FN4O5. The fourth-order valence-electron chi connectivity index (χ4n) is 5.70. The summed E-state index contributed by atoms with van der Waals surface area (Å²) in [5, 5.41) is 12.0. The molecule has 1 amide bonds. The van der Waals surface area contributed by atoms with E-state index in [0.717, 1.165) is 27.8 Å². The molecule has 4 aromatic rings. The highest BCUT2D eigenvalue weighted by Crippen LogP contribution is 2.38. The van der Waals surface area contributed by atoms with Crippen molar-refractivity contribution in [2.24, 2.45) is 11.7 Å². The number of methoxy groups -OCH3 is 1. The summed E-state index contributed by atoms with van der Waals surface area (Å²) in [7, 11) is 1.49. The molecule has 0 spiro atoms. The fourth-order valence-corrected chi connectivity index (χ4v) is 5.70. The minimum absolute atomic E-state index is 0.0270. The number of ether oxygens (including phenoxy) is 1. The van der Waals surface area contributed by atoms with E-state index < -0.39 is 29.2 Å². The van der Waals surface area contributed by atoms with Crippen LogP contribution in [0.25, 0.3) is 22.3 Å². The average molecular weight is 599 g/mol. The molecule has 4 N–H and O–H groups in total. The summed E-state index contributed by atoms with van der Waals surface area (Å²) in [5.41, 5.74) is 11.1. The number of hydrogen-bond acceptors (Lipinski definition) is 6. The topological polar surface area (TPSA) is 127 Å². The molecule has 1 aromatic heterocycles.